The number of methoxy groups -OCH3 is 1. The maximum atomic E-state index is 13.2. The fourth-order valence-corrected chi connectivity index (χ4v) is 1.81. The summed E-state index contributed by atoms with van der Waals surface area (Å²) in [6.45, 7) is 1.86. The first-order chi connectivity index (χ1) is 8.11. The number of carbonyl (C=O) groups is 1. The van der Waals surface area contributed by atoms with E-state index >= 15 is 0 Å². The Bertz CT molecular complexity index is 429. The van der Waals surface area contributed by atoms with E-state index in [0.717, 1.165) is 18.4 Å². The van der Waals surface area contributed by atoms with Crippen molar-refractivity contribution in [1.29, 1.82) is 0 Å². The van der Waals surface area contributed by atoms with Gasteiger partial charge in [0, 0.05) is 6.04 Å². The highest BCUT2D eigenvalue weighted by Crippen LogP contribution is 2.27. The summed E-state index contributed by atoms with van der Waals surface area (Å²) in [7, 11) is 1.35. The third kappa shape index (κ3) is 2.82. The second-order valence-electron chi connectivity index (χ2n) is 4.40. The molecule has 1 atom stereocenters. The number of esters is 1. The van der Waals surface area contributed by atoms with Gasteiger partial charge >= 0.3 is 5.97 Å². The maximum absolute atomic E-state index is 13.2. The summed E-state index contributed by atoms with van der Waals surface area (Å²) in [6.07, 6.45) is 2.11. The largest absolute Gasteiger partial charge is 0.468 e. The SMILES string of the molecule is COC(=O)C(NC1CC1)c1cc(F)ccc1C. The van der Waals surface area contributed by atoms with Crippen molar-refractivity contribution < 1.29 is 13.9 Å². The third-order valence-corrected chi connectivity index (χ3v) is 2.97. The molecule has 0 amide bonds. The zero-order valence-corrected chi connectivity index (χ0v) is 10.00. The molecular formula is C13H16FNO2. The monoisotopic (exact) mass is 237 g/mol. The Hall–Kier alpha value is -1.42. The molecule has 0 aromatic heterocycles. The summed E-state index contributed by atoms with van der Waals surface area (Å²) < 4.78 is 18.0. The lowest BCUT2D eigenvalue weighted by Crippen LogP contribution is -2.31. The smallest absolute Gasteiger partial charge is 0.327 e. The molecule has 1 fully saturated rings. The Balaban J connectivity index is 2.29. The summed E-state index contributed by atoms with van der Waals surface area (Å²) in [6, 6.07) is 4.25. The van der Waals surface area contributed by atoms with Crippen LogP contribution < -0.4 is 5.32 Å². The van der Waals surface area contributed by atoms with Crippen LogP contribution in [-0.2, 0) is 9.53 Å². The van der Waals surface area contributed by atoms with E-state index in [1.807, 2.05) is 6.92 Å². The Morgan fingerprint density at radius 1 is 1.53 bits per heavy atom. The second-order valence-corrected chi connectivity index (χ2v) is 4.40. The molecule has 0 heterocycles. The van der Waals surface area contributed by atoms with Gasteiger partial charge in [-0.05, 0) is 43.0 Å². The Kier molecular flexibility index (Phi) is 3.43. The van der Waals surface area contributed by atoms with Crippen LogP contribution in [-0.4, -0.2) is 19.1 Å². The number of aryl methyl sites for hydroxylation is 1. The van der Waals surface area contributed by atoms with Gasteiger partial charge < -0.3 is 4.74 Å². The minimum atomic E-state index is -0.566. The predicted octanol–water partition coefficient (Wildman–Crippen LogP) is 2.10. The van der Waals surface area contributed by atoms with E-state index in [4.69, 9.17) is 4.74 Å². The Morgan fingerprint density at radius 2 is 2.24 bits per heavy atom. The predicted molar refractivity (Wildman–Crippen MR) is 62.1 cm³/mol. The Labute approximate surface area is 100.0 Å². The van der Waals surface area contributed by atoms with Crippen LogP contribution in [0.5, 0.6) is 0 Å². The lowest BCUT2D eigenvalue weighted by molar-refractivity contribution is -0.143. The first-order valence-electron chi connectivity index (χ1n) is 5.71. The van der Waals surface area contributed by atoms with Crippen molar-refractivity contribution in [3.63, 3.8) is 0 Å². The number of carbonyl (C=O) groups excluding carboxylic acids is 1. The number of halogens is 1. The highest BCUT2D eigenvalue weighted by molar-refractivity contribution is 5.78. The minimum Gasteiger partial charge on any atom is -0.468 e. The quantitative estimate of drug-likeness (QED) is 0.815. The van der Waals surface area contributed by atoms with Crippen LogP contribution in [0.4, 0.5) is 4.39 Å². The van der Waals surface area contributed by atoms with Gasteiger partial charge in [-0.2, -0.15) is 0 Å². The van der Waals surface area contributed by atoms with Crippen molar-refractivity contribution in [2.75, 3.05) is 7.11 Å². The van der Waals surface area contributed by atoms with E-state index in [-0.39, 0.29) is 11.8 Å². The van der Waals surface area contributed by atoms with Crippen LogP contribution in [0.25, 0.3) is 0 Å². The van der Waals surface area contributed by atoms with Gasteiger partial charge in [-0.1, -0.05) is 6.07 Å². The number of rotatable bonds is 4. The van der Waals surface area contributed by atoms with Crippen LogP contribution in [0.2, 0.25) is 0 Å². The highest BCUT2D eigenvalue weighted by Gasteiger charge is 2.31. The van der Waals surface area contributed by atoms with Crippen LogP contribution in [0.3, 0.4) is 0 Å². The summed E-state index contributed by atoms with van der Waals surface area (Å²) in [5.41, 5.74) is 1.54. The van der Waals surface area contributed by atoms with Crippen molar-refractivity contribution >= 4 is 5.97 Å². The zero-order chi connectivity index (χ0) is 12.4. The molecule has 0 aliphatic heterocycles. The summed E-state index contributed by atoms with van der Waals surface area (Å²) in [5, 5.41) is 3.18. The standard InChI is InChI=1S/C13H16FNO2/c1-8-3-4-9(14)7-11(8)12(13(16)17-2)15-10-5-6-10/h3-4,7,10,12,15H,5-6H2,1-2H3. The van der Waals surface area contributed by atoms with E-state index in [0.29, 0.717) is 11.6 Å². The first kappa shape index (κ1) is 12.0. The number of ether oxygens (including phenoxy) is 1. The molecule has 92 valence electrons. The van der Waals surface area contributed by atoms with E-state index in [9.17, 15) is 9.18 Å². The van der Waals surface area contributed by atoms with Gasteiger partial charge in [-0.3, -0.25) is 5.32 Å². The lowest BCUT2D eigenvalue weighted by Gasteiger charge is -2.18. The number of benzene rings is 1. The molecule has 1 saturated carbocycles. The molecule has 3 nitrogen and oxygen atoms in total. The van der Waals surface area contributed by atoms with Crippen LogP contribution >= 0.6 is 0 Å². The van der Waals surface area contributed by atoms with E-state index < -0.39 is 6.04 Å². The molecular weight excluding hydrogens is 221 g/mol. The molecule has 1 aromatic carbocycles. The molecule has 1 aliphatic rings. The molecule has 2 rings (SSSR count). The molecule has 1 N–H and O–H groups in total. The lowest BCUT2D eigenvalue weighted by atomic mass is 10.0. The normalized spacial score (nSPS) is 16.6. The van der Waals surface area contributed by atoms with Gasteiger partial charge in [-0.25, -0.2) is 9.18 Å². The van der Waals surface area contributed by atoms with E-state index in [1.165, 1.54) is 19.2 Å². The zero-order valence-electron chi connectivity index (χ0n) is 10.00. The summed E-state index contributed by atoms with van der Waals surface area (Å²) >= 11 is 0. The van der Waals surface area contributed by atoms with Crippen LogP contribution in [0, 0.1) is 12.7 Å². The fourth-order valence-electron chi connectivity index (χ4n) is 1.81. The van der Waals surface area contributed by atoms with Gasteiger partial charge in [0.25, 0.3) is 0 Å². The van der Waals surface area contributed by atoms with Crippen molar-refractivity contribution in [2.24, 2.45) is 0 Å². The molecule has 4 heteroatoms. The maximum Gasteiger partial charge on any atom is 0.327 e. The average Bonchev–Trinajstić information content (AvgIpc) is 3.12. The fraction of sp³-hybridized carbons (Fsp3) is 0.462. The van der Waals surface area contributed by atoms with Crippen LogP contribution in [0.1, 0.15) is 30.0 Å². The Morgan fingerprint density at radius 3 is 2.82 bits per heavy atom. The van der Waals surface area contributed by atoms with E-state index in [2.05, 4.69) is 5.32 Å². The van der Waals surface area contributed by atoms with E-state index in [1.54, 1.807) is 6.07 Å². The second kappa shape index (κ2) is 4.84. The molecule has 1 aromatic rings. The summed E-state index contributed by atoms with van der Waals surface area (Å²) in [5.74, 6) is -0.706. The highest BCUT2D eigenvalue weighted by atomic mass is 19.1. The van der Waals surface area contributed by atoms with Gasteiger partial charge in [0.05, 0.1) is 7.11 Å². The van der Waals surface area contributed by atoms with Crippen molar-refractivity contribution in [3.8, 4) is 0 Å². The molecule has 0 saturated heterocycles. The van der Waals surface area contributed by atoms with Gasteiger partial charge in [0.15, 0.2) is 0 Å². The van der Waals surface area contributed by atoms with Crippen molar-refractivity contribution in [2.45, 2.75) is 31.8 Å². The molecule has 0 radical (unpaired) electrons. The number of hydrogen-bond donors (Lipinski definition) is 1. The third-order valence-electron chi connectivity index (χ3n) is 2.97. The topological polar surface area (TPSA) is 38.3 Å². The average molecular weight is 237 g/mol. The van der Waals surface area contributed by atoms with Crippen molar-refractivity contribution in [3.05, 3.63) is 35.1 Å². The minimum absolute atomic E-state index is 0.336. The van der Waals surface area contributed by atoms with Crippen LogP contribution in [0.15, 0.2) is 18.2 Å². The molecule has 1 aliphatic carbocycles. The molecule has 17 heavy (non-hydrogen) atoms. The number of hydrogen-bond acceptors (Lipinski definition) is 3. The molecule has 0 spiro atoms. The van der Waals surface area contributed by atoms with Gasteiger partial charge in [0.1, 0.15) is 11.9 Å². The first-order valence-corrected chi connectivity index (χ1v) is 5.71. The molecule has 0 bridgehead atoms. The van der Waals surface area contributed by atoms with Gasteiger partial charge in [-0.15, -0.1) is 0 Å². The van der Waals surface area contributed by atoms with Crippen molar-refractivity contribution in [1.82, 2.24) is 5.32 Å². The van der Waals surface area contributed by atoms with Gasteiger partial charge in [0.2, 0.25) is 0 Å². The number of nitrogens with one attached hydrogen (secondary N) is 1. The molecule has 1 unspecified atom stereocenters. The summed E-state index contributed by atoms with van der Waals surface area (Å²) in [4.78, 5) is 11.7.